The Bertz CT molecular complexity index is 414. The number of carbonyl (C=O) groups excluding carboxylic acids is 1. The van der Waals surface area contributed by atoms with E-state index in [4.69, 9.17) is 17.3 Å². The minimum Gasteiger partial charge on any atom is -0.397 e. The molecule has 0 radical (unpaired) electrons. The second kappa shape index (κ2) is 5.41. The van der Waals surface area contributed by atoms with E-state index in [1.165, 1.54) is 25.7 Å². The molecule has 92 valence electrons. The minimum atomic E-state index is 0.0682. The average Bonchev–Trinajstić information content (AvgIpc) is 2.76. The molecule has 0 aromatic heterocycles. The van der Waals surface area contributed by atoms with Crippen molar-refractivity contribution in [3.63, 3.8) is 0 Å². The molecule has 0 unspecified atom stereocenters. The quantitative estimate of drug-likeness (QED) is 0.810. The van der Waals surface area contributed by atoms with Crippen LogP contribution >= 0.6 is 11.6 Å². The standard InChI is InChI=1S/C13H17ClN2O/c14-11-6-5-10(8-12(11)15)16-13(17)7-9-3-1-2-4-9/h5-6,8-9H,1-4,7,15H2,(H,16,17). The van der Waals surface area contributed by atoms with Gasteiger partial charge < -0.3 is 11.1 Å². The third-order valence-electron chi connectivity index (χ3n) is 3.23. The van der Waals surface area contributed by atoms with Crippen LogP contribution in [-0.2, 0) is 4.79 Å². The Kier molecular flexibility index (Phi) is 3.89. The van der Waals surface area contributed by atoms with Crippen molar-refractivity contribution < 1.29 is 4.79 Å². The van der Waals surface area contributed by atoms with Crippen LogP contribution in [0.5, 0.6) is 0 Å². The summed E-state index contributed by atoms with van der Waals surface area (Å²) in [6.45, 7) is 0. The molecule has 0 heterocycles. The zero-order chi connectivity index (χ0) is 12.3. The first kappa shape index (κ1) is 12.2. The van der Waals surface area contributed by atoms with Crippen LogP contribution in [0, 0.1) is 5.92 Å². The van der Waals surface area contributed by atoms with E-state index >= 15 is 0 Å². The molecular formula is C13H17ClN2O. The molecule has 3 nitrogen and oxygen atoms in total. The first-order valence-electron chi connectivity index (χ1n) is 6.00. The first-order chi connectivity index (χ1) is 8.15. The molecule has 0 spiro atoms. The van der Waals surface area contributed by atoms with E-state index < -0.39 is 0 Å². The number of anilines is 2. The maximum Gasteiger partial charge on any atom is 0.224 e. The number of nitrogen functional groups attached to an aromatic ring is 1. The van der Waals surface area contributed by atoms with Gasteiger partial charge in [0.15, 0.2) is 0 Å². The van der Waals surface area contributed by atoms with Crippen LogP contribution in [0.4, 0.5) is 11.4 Å². The molecule has 1 aliphatic carbocycles. The fraction of sp³-hybridized carbons (Fsp3) is 0.462. The summed E-state index contributed by atoms with van der Waals surface area (Å²) in [4.78, 5) is 11.8. The van der Waals surface area contributed by atoms with Crippen LogP contribution in [0.3, 0.4) is 0 Å². The molecule has 1 aromatic carbocycles. The van der Waals surface area contributed by atoms with Gasteiger partial charge in [-0.2, -0.15) is 0 Å². The molecule has 0 aliphatic heterocycles. The lowest BCUT2D eigenvalue weighted by Crippen LogP contribution is -2.15. The number of benzene rings is 1. The predicted molar refractivity (Wildman–Crippen MR) is 71.1 cm³/mol. The van der Waals surface area contributed by atoms with E-state index in [0.29, 0.717) is 23.0 Å². The van der Waals surface area contributed by atoms with Crippen molar-refractivity contribution in [2.75, 3.05) is 11.1 Å². The molecule has 0 atom stereocenters. The van der Waals surface area contributed by atoms with E-state index in [9.17, 15) is 4.79 Å². The fourth-order valence-corrected chi connectivity index (χ4v) is 2.43. The van der Waals surface area contributed by atoms with E-state index in [0.717, 1.165) is 5.69 Å². The van der Waals surface area contributed by atoms with Gasteiger partial charge in [-0.3, -0.25) is 4.79 Å². The Morgan fingerprint density at radius 2 is 2.12 bits per heavy atom. The van der Waals surface area contributed by atoms with Crippen molar-refractivity contribution in [1.29, 1.82) is 0 Å². The lowest BCUT2D eigenvalue weighted by Gasteiger charge is -2.10. The monoisotopic (exact) mass is 252 g/mol. The maximum absolute atomic E-state index is 11.8. The third kappa shape index (κ3) is 3.37. The smallest absolute Gasteiger partial charge is 0.224 e. The fourth-order valence-electron chi connectivity index (χ4n) is 2.31. The topological polar surface area (TPSA) is 55.1 Å². The van der Waals surface area contributed by atoms with Crippen molar-refractivity contribution in [2.45, 2.75) is 32.1 Å². The number of halogens is 1. The molecule has 1 amide bonds. The van der Waals surface area contributed by atoms with Crippen LogP contribution < -0.4 is 11.1 Å². The average molecular weight is 253 g/mol. The van der Waals surface area contributed by atoms with E-state index in [1.807, 2.05) is 0 Å². The zero-order valence-electron chi connectivity index (χ0n) is 9.71. The summed E-state index contributed by atoms with van der Waals surface area (Å²) in [5.41, 5.74) is 6.89. The van der Waals surface area contributed by atoms with Gasteiger partial charge in [-0.25, -0.2) is 0 Å². The van der Waals surface area contributed by atoms with Gasteiger partial charge in [0.25, 0.3) is 0 Å². The zero-order valence-corrected chi connectivity index (χ0v) is 10.5. The molecule has 1 aromatic rings. The summed E-state index contributed by atoms with van der Waals surface area (Å²) >= 11 is 5.82. The molecule has 1 fully saturated rings. The van der Waals surface area contributed by atoms with Crippen LogP contribution in [0.25, 0.3) is 0 Å². The summed E-state index contributed by atoms with van der Waals surface area (Å²) in [5.74, 6) is 0.623. The Morgan fingerprint density at radius 1 is 1.41 bits per heavy atom. The van der Waals surface area contributed by atoms with Crippen LogP contribution in [0.2, 0.25) is 5.02 Å². The molecule has 3 N–H and O–H groups in total. The van der Waals surface area contributed by atoms with Gasteiger partial charge in [0.1, 0.15) is 0 Å². The predicted octanol–water partition coefficient (Wildman–Crippen LogP) is 3.44. The largest absolute Gasteiger partial charge is 0.397 e. The summed E-state index contributed by atoms with van der Waals surface area (Å²) in [7, 11) is 0. The molecule has 0 saturated heterocycles. The summed E-state index contributed by atoms with van der Waals surface area (Å²) in [6, 6.07) is 5.15. The molecular weight excluding hydrogens is 236 g/mol. The third-order valence-corrected chi connectivity index (χ3v) is 3.57. The highest BCUT2D eigenvalue weighted by Crippen LogP contribution is 2.28. The highest BCUT2D eigenvalue weighted by atomic mass is 35.5. The van der Waals surface area contributed by atoms with Crippen molar-refractivity contribution in [3.05, 3.63) is 23.2 Å². The SMILES string of the molecule is Nc1cc(NC(=O)CC2CCCC2)ccc1Cl. The van der Waals surface area contributed by atoms with Crippen molar-refractivity contribution in [1.82, 2.24) is 0 Å². The number of carbonyl (C=O) groups is 1. The Morgan fingerprint density at radius 3 is 2.76 bits per heavy atom. The molecule has 1 aliphatic rings. The number of hydrogen-bond acceptors (Lipinski definition) is 2. The number of nitrogens with one attached hydrogen (secondary N) is 1. The molecule has 4 heteroatoms. The summed E-state index contributed by atoms with van der Waals surface area (Å²) < 4.78 is 0. The Balaban J connectivity index is 1.90. The van der Waals surface area contributed by atoms with Crippen molar-refractivity contribution >= 4 is 28.9 Å². The van der Waals surface area contributed by atoms with E-state index in [-0.39, 0.29) is 5.91 Å². The molecule has 0 bridgehead atoms. The number of nitrogens with two attached hydrogens (primary N) is 1. The lowest BCUT2D eigenvalue weighted by atomic mass is 10.0. The van der Waals surface area contributed by atoms with E-state index in [2.05, 4.69) is 5.32 Å². The normalized spacial score (nSPS) is 16.1. The second-order valence-corrected chi connectivity index (χ2v) is 5.05. The van der Waals surface area contributed by atoms with Gasteiger partial charge in [0.05, 0.1) is 10.7 Å². The number of hydrogen-bond donors (Lipinski definition) is 2. The van der Waals surface area contributed by atoms with E-state index in [1.54, 1.807) is 18.2 Å². The summed E-state index contributed by atoms with van der Waals surface area (Å²) in [6.07, 6.45) is 5.48. The second-order valence-electron chi connectivity index (χ2n) is 4.64. The van der Waals surface area contributed by atoms with Gasteiger partial charge >= 0.3 is 0 Å². The highest BCUT2D eigenvalue weighted by Gasteiger charge is 2.18. The lowest BCUT2D eigenvalue weighted by molar-refractivity contribution is -0.117. The van der Waals surface area contributed by atoms with Crippen molar-refractivity contribution in [2.24, 2.45) is 5.92 Å². The van der Waals surface area contributed by atoms with Crippen LogP contribution in [0.15, 0.2) is 18.2 Å². The first-order valence-corrected chi connectivity index (χ1v) is 6.38. The van der Waals surface area contributed by atoms with Gasteiger partial charge in [-0.15, -0.1) is 0 Å². The summed E-state index contributed by atoms with van der Waals surface area (Å²) in [5, 5.41) is 3.37. The minimum absolute atomic E-state index is 0.0682. The Labute approximate surface area is 106 Å². The van der Waals surface area contributed by atoms with Gasteiger partial charge in [-0.1, -0.05) is 24.4 Å². The Hall–Kier alpha value is -1.22. The van der Waals surface area contributed by atoms with Gasteiger partial charge in [-0.05, 0) is 37.0 Å². The van der Waals surface area contributed by atoms with Crippen molar-refractivity contribution in [3.8, 4) is 0 Å². The highest BCUT2D eigenvalue weighted by molar-refractivity contribution is 6.33. The van der Waals surface area contributed by atoms with Gasteiger partial charge in [0, 0.05) is 12.1 Å². The maximum atomic E-state index is 11.8. The number of rotatable bonds is 3. The van der Waals surface area contributed by atoms with Crippen LogP contribution in [0.1, 0.15) is 32.1 Å². The molecule has 2 rings (SSSR count). The molecule has 17 heavy (non-hydrogen) atoms. The van der Waals surface area contributed by atoms with Gasteiger partial charge in [0.2, 0.25) is 5.91 Å². The number of amides is 1. The molecule has 1 saturated carbocycles. The van der Waals surface area contributed by atoms with Crippen LogP contribution in [-0.4, -0.2) is 5.91 Å².